The van der Waals surface area contributed by atoms with E-state index in [4.69, 9.17) is 9.47 Å². The summed E-state index contributed by atoms with van der Waals surface area (Å²) in [6.07, 6.45) is 6.71. The molecule has 1 aliphatic heterocycles. The van der Waals surface area contributed by atoms with Crippen LogP contribution in [-0.4, -0.2) is 30.8 Å². The third kappa shape index (κ3) is 5.83. The van der Waals surface area contributed by atoms with Crippen molar-refractivity contribution < 1.29 is 14.3 Å². The van der Waals surface area contributed by atoms with E-state index in [1.54, 1.807) is 12.4 Å². The summed E-state index contributed by atoms with van der Waals surface area (Å²) < 4.78 is 9.93. The second kappa shape index (κ2) is 9.50. The lowest BCUT2D eigenvalue weighted by Gasteiger charge is -2.12. The van der Waals surface area contributed by atoms with E-state index in [2.05, 4.69) is 4.98 Å². The maximum Gasteiger partial charge on any atom is 0.313 e. The third-order valence-corrected chi connectivity index (χ3v) is 2.89. The van der Waals surface area contributed by atoms with Crippen LogP contribution in [0, 0.1) is 0 Å². The number of pyridine rings is 1. The van der Waals surface area contributed by atoms with E-state index >= 15 is 0 Å². The number of rotatable bonds is 4. The van der Waals surface area contributed by atoms with Gasteiger partial charge in [0.1, 0.15) is 0 Å². The molecule has 0 N–H and O–H groups in total. The molecule has 0 saturated carbocycles. The van der Waals surface area contributed by atoms with E-state index in [9.17, 15) is 4.79 Å². The number of nitrogens with zero attached hydrogens (tertiary/aromatic N) is 1. The monoisotopic (exact) mass is 265 g/mol. The Kier molecular flexibility index (Phi) is 7.82. The number of hydrogen-bond donors (Lipinski definition) is 0. The van der Waals surface area contributed by atoms with Crippen molar-refractivity contribution in [2.45, 2.75) is 39.0 Å². The molecule has 1 unspecified atom stereocenters. The first-order valence-electron chi connectivity index (χ1n) is 6.93. The first-order chi connectivity index (χ1) is 9.29. The van der Waals surface area contributed by atoms with Crippen LogP contribution in [0.2, 0.25) is 0 Å². The van der Waals surface area contributed by atoms with Crippen LogP contribution in [0.4, 0.5) is 0 Å². The maximum atomic E-state index is 11.5. The van der Waals surface area contributed by atoms with Gasteiger partial charge < -0.3 is 9.47 Å². The lowest BCUT2D eigenvalue weighted by molar-refractivity contribution is -0.145. The van der Waals surface area contributed by atoms with Gasteiger partial charge in [-0.05, 0) is 37.8 Å². The minimum absolute atomic E-state index is 0.164. The van der Waals surface area contributed by atoms with Crippen LogP contribution >= 0.6 is 0 Å². The van der Waals surface area contributed by atoms with Crippen molar-refractivity contribution >= 4 is 5.97 Å². The zero-order valence-corrected chi connectivity index (χ0v) is 11.8. The molecule has 1 atom stereocenters. The Hall–Kier alpha value is -1.42. The number of esters is 1. The normalized spacial score (nSPS) is 15.3. The van der Waals surface area contributed by atoms with Gasteiger partial charge in [-0.25, -0.2) is 0 Å². The highest BCUT2D eigenvalue weighted by Crippen LogP contribution is 2.19. The quantitative estimate of drug-likeness (QED) is 0.785. The predicted molar refractivity (Wildman–Crippen MR) is 74.0 cm³/mol. The van der Waals surface area contributed by atoms with Gasteiger partial charge in [-0.3, -0.25) is 9.78 Å². The van der Waals surface area contributed by atoms with Crippen LogP contribution in [0.5, 0.6) is 0 Å². The molecule has 0 aromatic carbocycles. The van der Waals surface area contributed by atoms with Crippen LogP contribution in [-0.2, 0) is 14.3 Å². The van der Waals surface area contributed by atoms with E-state index in [-0.39, 0.29) is 11.9 Å². The first kappa shape index (κ1) is 15.6. The summed E-state index contributed by atoms with van der Waals surface area (Å²) in [6, 6.07) is 3.73. The molecule has 0 radical (unpaired) electrons. The van der Waals surface area contributed by atoms with Crippen LogP contribution in [0.25, 0.3) is 0 Å². The third-order valence-electron chi connectivity index (χ3n) is 2.89. The largest absolute Gasteiger partial charge is 0.466 e. The molecule has 1 aliphatic rings. The van der Waals surface area contributed by atoms with Gasteiger partial charge in [0.25, 0.3) is 0 Å². The second-order valence-corrected chi connectivity index (χ2v) is 4.32. The van der Waals surface area contributed by atoms with Crippen molar-refractivity contribution in [3.8, 4) is 0 Å². The van der Waals surface area contributed by atoms with Crippen LogP contribution in [0.1, 0.15) is 44.6 Å². The summed E-state index contributed by atoms with van der Waals surface area (Å²) in [5.41, 5.74) is 0.924. The van der Waals surface area contributed by atoms with Crippen molar-refractivity contribution in [3.05, 3.63) is 30.1 Å². The maximum absolute atomic E-state index is 11.5. The summed E-state index contributed by atoms with van der Waals surface area (Å²) in [4.78, 5) is 15.5. The van der Waals surface area contributed by atoms with E-state index in [0.717, 1.165) is 25.2 Å². The lowest BCUT2D eigenvalue weighted by atomic mass is 9.98. The van der Waals surface area contributed by atoms with Crippen molar-refractivity contribution in [2.75, 3.05) is 19.8 Å². The molecule has 1 fully saturated rings. The van der Waals surface area contributed by atoms with Gasteiger partial charge in [0.05, 0.1) is 12.5 Å². The molecule has 0 bridgehead atoms. The van der Waals surface area contributed by atoms with Crippen molar-refractivity contribution in [1.29, 1.82) is 0 Å². The molecule has 19 heavy (non-hydrogen) atoms. The molecule has 1 aromatic rings. The Labute approximate surface area is 115 Å². The summed E-state index contributed by atoms with van der Waals surface area (Å²) in [7, 11) is 0. The molecule has 2 heterocycles. The van der Waals surface area contributed by atoms with Gasteiger partial charge in [0, 0.05) is 25.6 Å². The fraction of sp³-hybridized carbons (Fsp3) is 0.600. The number of aromatic nitrogens is 1. The van der Waals surface area contributed by atoms with Crippen molar-refractivity contribution in [1.82, 2.24) is 4.98 Å². The van der Waals surface area contributed by atoms with E-state index in [0.29, 0.717) is 6.61 Å². The zero-order chi connectivity index (χ0) is 13.9. The molecule has 4 heteroatoms. The van der Waals surface area contributed by atoms with Gasteiger partial charge in [-0.15, -0.1) is 0 Å². The predicted octanol–water partition coefficient (Wildman–Crippen LogP) is 2.94. The van der Waals surface area contributed by atoms with Gasteiger partial charge in [0.2, 0.25) is 0 Å². The Morgan fingerprint density at radius 1 is 1.42 bits per heavy atom. The average molecular weight is 265 g/mol. The van der Waals surface area contributed by atoms with E-state index < -0.39 is 0 Å². The van der Waals surface area contributed by atoms with Crippen LogP contribution < -0.4 is 0 Å². The molecular weight excluding hydrogens is 242 g/mol. The second-order valence-electron chi connectivity index (χ2n) is 4.32. The minimum atomic E-state index is -0.177. The summed E-state index contributed by atoms with van der Waals surface area (Å²) in [5.74, 6) is -0.341. The highest BCUT2D eigenvalue weighted by Gasteiger charge is 2.19. The molecule has 1 saturated heterocycles. The standard InChI is InChI=1S/C11H15NO2.C4H8O/c1-3-10(11(13)14-4-2)9-6-5-7-12-8-9;1-2-4-5-3-1/h5-8,10H,3-4H2,1-2H3;1-4H2. The lowest BCUT2D eigenvalue weighted by Crippen LogP contribution is -2.15. The Morgan fingerprint density at radius 3 is 2.58 bits per heavy atom. The summed E-state index contributed by atoms with van der Waals surface area (Å²) >= 11 is 0. The molecule has 2 rings (SSSR count). The SMILES string of the molecule is C1CCOC1.CCOC(=O)C(CC)c1cccnc1. The highest BCUT2D eigenvalue weighted by molar-refractivity contribution is 5.77. The number of carbonyl (C=O) groups is 1. The molecule has 106 valence electrons. The topological polar surface area (TPSA) is 48.4 Å². The van der Waals surface area contributed by atoms with E-state index in [1.165, 1.54) is 12.8 Å². The summed E-state index contributed by atoms with van der Waals surface area (Å²) in [5, 5.41) is 0. The zero-order valence-electron chi connectivity index (χ0n) is 11.8. The molecule has 0 spiro atoms. The summed E-state index contributed by atoms with van der Waals surface area (Å²) in [6.45, 7) is 6.21. The van der Waals surface area contributed by atoms with Gasteiger partial charge in [0.15, 0.2) is 0 Å². The molecule has 4 nitrogen and oxygen atoms in total. The fourth-order valence-corrected chi connectivity index (χ4v) is 1.87. The molecule has 1 aromatic heterocycles. The highest BCUT2D eigenvalue weighted by atomic mass is 16.5. The first-order valence-corrected chi connectivity index (χ1v) is 6.93. The van der Waals surface area contributed by atoms with Crippen LogP contribution in [0.15, 0.2) is 24.5 Å². The van der Waals surface area contributed by atoms with Gasteiger partial charge >= 0.3 is 5.97 Å². The Balaban J connectivity index is 0.000000300. The van der Waals surface area contributed by atoms with Gasteiger partial charge in [-0.1, -0.05) is 13.0 Å². The van der Waals surface area contributed by atoms with Gasteiger partial charge in [-0.2, -0.15) is 0 Å². The number of carbonyl (C=O) groups excluding carboxylic acids is 1. The molecular formula is C15H23NO3. The molecule has 0 amide bonds. The number of ether oxygens (including phenoxy) is 2. The smallest absolute Gasteiger partial charge is 0.313 e. The van der Waals surface area contributed by atoms with Crippen molar-refractivity contribution in [3.63, 3.8) is 0 Å². The Morgan fingerprint density at radius 2 is 2.16 bits per heavy atom. The fourth-order valence-electron chi connectivity index (χ4n) is 1.87. The van der Waals surface area contributed by atoms with E-state index in [1.807, 2.05) is 26.0 Å². The van der Waals surface area contributed by atoms with Crippen LogP contribution in [0.3, 0.4) is 0 Å². The Bertz CT molecular complexity index is 342. The molecule has 0 aliphatic carbocycles. The van der Waals surface area contributed by atoms with Crippen molar-refractivity contribution in [2.24, 2.45) is 0 Å². The average Bonchev–Trinajstić information content (AvgIpc) is 3.00. The number of hydrogen-bond acceptors (Lipinski definition) is 4. The minimum Gasteiger partial charge on any atom is -0.466 e.